The highest BCUT2D eigenvalue weighted by atomic mass is 16.4. The third kappa shape index (κ3) is 2.12. The minimum atomic E-state index is -1.01. The van der Waals surface area contributed by atoms with E-state index in [4.69, 9.17) is 10.8 Å². The third-order valence-corrected chi connectivity index (χ3v) is 3.78. The molecule has 1 aromatic rings. The predicted octanol–water partition coefficient (Wildman–Crippen LogP) is 1.96. The smallest absolute Gasteiger partial charge is 0.337 e. The lowest BCUT2D eigenvalue weighted by atomic mass is 10.1. The second-order valence-electron chi connectivity index (χ2n) is 5.27. The van der Waals surface area contributed by atoms with Crippen LogP contribution in [0.2, 0.25) is 0 Å². The van der Waals surface area contributed by atoms with Gasteiger partial charge in [0.05, 0.1) is 11.3 Å². The number of anilines is 2. The van der Waals surface area contributed by atoms with Gasteiger partial charge in [-0.2, -0.15) is 0 Å². The summed E-state index contributed by atoms with van der Waals surface area (Å²) in [5, 5.41) is 12.4. The van der Waals surface area contributed by atoms with Crippen molar-refractivity contribution in [2.75, 3.05) is 11.1 Å². The van der Waals surface area contributed by atoms with E-state index in [0.29, 0.717) is 23.7 Å². The Bertz CT molecular complexity index is 469. The van der Waals surface area contributed by atoms with Crippen LogP contribution < -0.4 is 11.1 Å². The average Bonchev–Trinajstić information content (AvgIpc) is 3.20. The molecule has 2 aliphatic rings. The Kier molecular flexibility index (Phi) is 2.61. The highest BCUT2D eigenvalue weighted by Gasteiger charge is 2.41. The summed E-state index contributed by atoms with van der Waals surface area (Å²) in [6.07, 6.45) is 6.53. The molecule has 0 saturated heterocycles. The standard InChI is InChI=1S/C13H17N3O2/c14-10-9(13(17)18)5-6-15-12(10)16-11(7-1-2-7)8-3-4-8/h5-8,11H,1-4,14H2,(H,15,16)(H,17,18). The molecule has 0 aromatic carbocycles. The Labute approximate surface area is 105 Å². The number of hydrogen-bond acceptors (Lipinski definition) is 4. The molecule has 0 spiro atoms. The zero-order valence-electron chi connectivity index (χ0n) is 10.1. The Balaban J connectivity index is 1.82. The number of hydrogen-bond donors (Lipinski definition) is 3. The molecule has 5 heteroatoms. The van der Waals surface area contributed by atoms with E-state index in [9.17, 15) is 4.79 Å². The first-order chi connectivity index (χ1) is 8.66. The molecule has 18 heavy (non-hydrogen) atoms. The van der Waals surface area contributed by atoms with Crippen molar-refractivity contribution in [3.05, 3.63) is 17.8 Å². The molecule has 4 N–H and O–H groups in total. The van der Waals surface area contributed by atoms with E-state index >= 15 is 0 Å². The van der Waals surface area contributed by atoms with Gasteiger partial charge in [0.15, 0.2) is 0 Å². The molecular weight excluding hydrogens is 230 g/mol. The summed E-state index contributed by atoms with van der Waals surface area (Å²) >= 11 is 0. The van der Waals surface area contributed by atoms with E-state index in [1.165, 1.54) is 37.9 Å². The number of aromatic carboxylic acids is 1. The van der Waals surface area contributed by atoms with Gasteiger partial charge in [0, 0.05) is 12.2 Å². The first-order valence-electron chi connectivity index (χ1n) is 6.41. The second-order valence-corrected chi connectivity index (χ2v) is 5.27. The van der Waals surface area contributed by atoms with Crippen LogP contribution in [0.25, 0.3) is 0 Å². The first-order valence-corrected chi connectivity index (χ1v) is 6.41. The van der Waals surface area contributed by atoms with E-state index in [2.05, 4.69) is 10.3 Å². The summed E-state index contributed by atoms with van der Waals surface area (Å²) in [5.74, 6) is 0.949. The molecule has 0 atom stereocenters. The van der Waals surface area contributed by atoms with Crippen LogP contribution in [0.1, 0.15) is 36.0 Å². The SMILES string of the molecule is Nc1c(C(=O)O)ccnc1NC(C1CC1)C1CC1. The summed E-state index contributed by atoms with van der Waals surface area (Å²) < 4.78 is 0. The number of rotatable bonds is 5. The molecule has 0 bridgehead atoms. The van der Waals surface area contributed by atoms with Crippen molar-refractivity contribution in [3.63, 3.8) is 0 Å². The number of nitrogens with one attached hydrogen (secondary N) is 1. The van der Waals surface area contributed by atoms with E-state index in [-0.39, 0.29) is 11.3 Å². The Morgan fingerprint density at radius 3 is 2.50 bits per heavy atom. The molecule has 2 aliphatic carbocycles. The lowest BCUT2D eigenvalue weighted by molar-refractivity contribution is 0.0698. The van der Waals surface area contributed by atoms with Crippen molar-refractivity contribution in [1.29, 1.82) is 0 Å². The van der Waals surface area contributed by atoms with Gasteiger partial charge in [-0.25, -0.2) is 9.78 Å². The van der Waals surface area contributed by atoms with Gasteiger partial charge in [0.1, 0.15) is 5.82 Å². The normalized spacial score (nSPS) is 18.9. The minimum Gasteiger partial charge on any atom is -0.478 e. The summed E-state index contributed by atoms with van der Waals surface area (Å²) in [5.41, 5.74) is 6.24. The quantitative estimate of drug-likeness (QED) is 0.740. The lowest BCUT2D eigenvalue weighted by Gasteiger charge is -2.19. The van der Waals surface area contributed by atoms with Gasteiger partial charge < -0.3 is 16.2 Å². The number of carbonyl (C=O) groups is 1. The van der Waals surface area contributed by atoms with Crippen LogP contribution in [-0.4, -0.2) is 22.1 Å². The largest absolute Gasteiger partial charge is 0.478 e. The summed E-state index contributed by atoms with van der Waals surface area (Å²) in [6, 6.07) is 1.86. The molecular formula is C13H17N3O2. The Hall–Kier alpha value is -1.78. The van der Waals surface area contributed by atoms with Gasteiger partial charge in [-0.05, 0) is 43.6 Å². The van der Waals surface area contributed by atoms with Crippen LogP contribution in [0, 0.1) is 11.8 Å². The van der Waals surface area contributed by atoms with Gasteiger partial charge in [0.25, 0.3) is 0 Å². The van der Waals surface area contributed by atoms with Gasteiger partial charge >= 0.3 is 5.97 Å². The van der Waals surface area contributed by atoms with Crippen molar-refractivity contribution in [3.8, 4) is 0 Å². The molecule has 2 fully saturated rings. The highest BCUT2D eigenvalue weighted by molar-refractivity contribution is 5.96. The van der Waals surface area contributed by atoms with E-state index in [1.807, 2.05) is 0 Å². The van der Waals surface area contributed by atoms with E-state index in [0.717, 1.165) is 0 Å². The maximum absolute atomic E-state index is 11.0. The molecule has 2 saturated carbocycles. The second kappa shape index (κ2) is 4.15. The van der Waals surface area contributed by atoms with Gasteiger partial charge in [-0.3, -0.25) is 0 Å². The molecule has 0 unspecified atom stereocenters. The van der Waals surface area contributed by atoms with E-state index in [1.54, 1.807) is 0 Å². The van der Waals surface area contributed by atoms with Crippen LogP contribution in [0.3, 0.4) is 0 Å². The van der Waals surface area contributed by atoms with Crippen molar-refractivity contribution < 1.29 is 9.90 Å². The Morgan fingerprint density at radius 2 is 2.00 bits per heavy atom. The molecule has 3 rings (SSSR count). The van der Waals surface area contributed by atoms with Gasteiger partial charge in [-0.1, -0.05) is 0 Å². The number of aromatic nitrogens is 1. The van der Waals surface area contributed by atoms with E-state index < -0.39 is 5.97 Å². The van der Waals surface area contributed by atoms with Crippen LogP contribution in [-0.2, 0) is 0 Å². The Morgan fingerprint density at radius 1 is 1.39 bits per heavy atom. The summed E-state index contributed by atoms with van der Waals surface area (Å²) in [7, 11) is 0. The maximum Gasteiger partial charge on any atom is 0.337 e. The third-order valence-electron chi connectivity index (χ3n) is 3.78. The molecule has 1 heterocycles. The number of nitrogen functional groups attached to an aromatic ring is 1. The van der Waals surface area contributed by atoms with Crippen molar-refractivity contribution in [2.24, 2.45) is 11.8 Å². The number of carboxylic acids is 1. The molecule has 96 valence electrons. The molecule has 5 nitrogen and oxygen atoms in total. The maximum atomic E-state index is 11.0. The molecule has 0 aliphatic heterocycles. The monoisotopic (exact) mass is 247 g/mol. The lowest BCUT2D eigenvalue weighted by Crippen LogP contribution is -2.25. The van der Waals surface area contributed by atoms with Crippen LogP contribution in [0.15, 0.2) is 12.3 Å². The number of pyridine rings is 1. The zero-order chi connectivity index (χ0) is 12.7. The summed E-state index contributed by atoms with van der Waals surface area (Å²) in [4.78, 5) is 15.2. The topological polar surface area (TPSA) is 88.2 Å². The zero-order valence-corrected chi connectivity index (χ0v) is 10.1. The van der Waals surface area contributed by atoms with Gasteiger partial charge in [0.2, 0.25) is 0 Å². The molecule has 0 radical (unpaired) electrons. The van der Waals surface area contributed by atoms with Crippen LogP contribution in [0.5, 0.6) is 0 Å². The predicted molar refractivity (Wildman–Crippen MR) is 68.5 cm³/mol. The molecule has 1 aromatic heterocycles. The molecule has 0 amide bonds. The van der Waals surface area contributed by atoms with Crippen LogP contribution >= 0.6 is 0 Å². The fraction of sp³-hybridized carbons (Fsp3) is 0.538. The average molecular weight is 247 g/mol. The fourth-order valence-corrected chi connectivity index (χ4v) is 2.46. The van der Waals surface area contributed by atoms with Crippen LogP contribution in [0.4, 0.5) is 11.5 Å². The number of nitrogens with zero attached hydrogens (tertiary/aromatic N) is 1. The van der Waals surface area contributed by atoms with Gasteiger partial charge in [-0.15, -0.1) is 0 Å². The first kappa shape index (κ1) is 11.3. The fourth-order valence-electron chi connectivity index (χ4n) is 2.46. The minimum absolute atomic E-state index is 0.123. The van der Waals surface area contributed by atoms with Crippen molar-refractivity contribution >= 4 is 17.5 Å². The number of carboxylic acid groups (broad SMARTS) is 1. The summed E-state index contributed by atoms with van der Waals surface area (Å²) in [6.45, 7) is 0. The van der Waals surface area contributed by atoms with Crippen molar-refractivity contribution in [1.82, 2.24) is 4.98 Å². The number of nitrogens with two attached hydrogens (primary N) is 1. The highest BCUT2D eigenvalue weighted by Crippen LogP contribution is 2.46. The van der Waals surface area contributed by atoms with Crippen molar-refractivity contribution in [2.45, 2.75) is 31.7 Å².